The summed E-state index contributed by atoms with van der Waals surface area (Å²) in [6, 6.07) is 0.110. The van der Waals surface area contributed by atoms with E-state index in [-0.39, 0.29) is 11.9 Å². The second kappa shape index (κ2) is 9.08. The molecule has 0 aromatic carbocycles. The van der Waals surface area contributed by atoms with Gasteiger partial charge in [0.15, 0.2) is 0 Å². The van der Waals surface area contributed by atoms with Gasteiger partial charge in [-0.1, -0.05) is 57.9 Å². The lowest BCUT2D eigenvalue weighted by Gasteiger charge is -2.25. The first kappa shape index (κ1) is 21.3. The molecule has 1 N–H and O–H groups in total. The third kappa shape index (κ3) is 4.56. The predicted octanol–water partition coefficient (Wildman–Crippen LogP) is 4.02. The first-order valence-electron chi connectivity index (χ1n) is 10.3. The van der Waals surface area contributed by atoms with Crippen LogP contribution in [0.25, 0.3) is 0 Å². The average Bonchev–Trinajstić information content (AvgIpc) is 2.85. The number of hydrogen-bond donors (Lipinski definition) is 1. The summed E-state index contributed by atoms with van der Waals surface area (Å²) in [6.07, 6.45) is 14.7. The van der Waals surface area contributed by atoms with Crippen LogP contribution in [0.15, 0.2) is 73.5 Å². The van der Waals surface area contributed by atoms with E-state index in [0.29, 0.717) is 24.5 Å². The number of carbonyl (C=O) groups is 1. The van der Waals surface area contributed by atoms with Gasteiger partial charge in [-0.2, -0.15) is 0 Å². The fraction of sp³-hybridized carbons (Fsp3) is 0.391. The lowest BCUT2D eigenvalue weighted by molar-refractivity contribution is -0.126. The van der Waals surface area contributed by atoms with Crippen LogP contribution in [0.3, 0.4) is 0 Å². The average molecular weight is 490 g/mol. The zero-order chi connectivity index (χ0) is 21.3. The normalized spacial score (nSPS) is 24.0. The Morgan fingerprint density at radius 1 is 1.30 bits per heavy atom. The summed E-state index contributed by atoms with van der Waals surface area (Å²) >= 11 is 9.79. The molecule has 2 aliphatic heterocycles. The van der Waals surface area contributed by atoms with E-state index in [9.17, 15) is 4.79 Å². The zero-order valence-corrected chi connectivity index (χ0v) is 19.6. The third-order valence-corrected chi connectivity index (χ3v) is 6.58. The lowest BCUT2D eigenvalue weighted by atomic mass is 9.99. The third-order valence-electron chi connectivity index (χ3n) is 5.64. The Kier molecular flexibility index (Phi) is 6.46. The number of aliphatic imine (C=N–C) groups is 1. The molecule has 0 aromatic heterocycles. The molecule has 1 unspecified atom stereocenters. The summed E-state index contributed by atoms with van der Waals surface area (Å²) in [4.78, 5) is 22.6. The minimum atomic E-state index is 0.0487. The van der Waals surface area contributed by atoms with E-state index in [2.05, 4.69) is 44.4 Å². The summed E-state index contributed by atoms with van der Waals surface area (Å²) < 4.78 is 1.15. The van der Waals surface area contributed by atoms with Crippen molar-refractivity contribution < 1.29 is 4.79 Å². The maximum Gasteiger partial charge on any atom is 0.258 e. The van der Waals surface area contributed by atoms with Crippen LogP contribution in [0, 0.1) is 0 Å². The Morgan fingerprint density at radius 3 is 2.93 bits per heavy atom. The van der Waals surface area contributed by atoms with Crippen molar-refractivity contribution in [2.45, 2.75) is 25.3 Å². The van der Waals surface area contributed by atoms with Crippen molar-refractivity contribution >= 4 is 39.1 Å². The molecule has 0 radical (unpaired) electrons. The summed E-state index contributed by atoms with van der Waals surface area (Å²) in [6.45, 7) is 1.92. The monoisotopic (exact) mass is 488 g/mol. The van der Waals surface area contributed by atoms with E-state index < -0.39 is 0 Å². The summed E-state index contributed by atoms with van der Waals surface area (Å²) in [5.41, 5.74) is 3.66. The molecule has 0 saturated heterocycles. The standard InChI is InChI=1S/C23H26BrClN4O/c1-28(2)12-13-29-14-20(15-4-3-5-17(25)9-6-15)27-22-21(23(29)30)18-10-7-16(24)8-11-19(18)26-22/h4-7,9-10,19,26H,3,8,11-14H2,1-2H3. The van der Waals surface area contributed by atoms with Gasteiger partial charge in [0, 0.05) is 18.1 Å². The van der Waals surface area contributed by atoms with Crippen molar-refractivity contribution in [1.29, 1.82) is 0 Å². The molecule has 2 aliphatic carbocycles. The molecule has 0 aromatic rings. The summed E-state index contributed by atoms with van der Waals surface area (Å²) in [5, 5.41) is 4.25. The molecule has 0 saturated carbocycles. The Morgan fingerprint density at radius 2 is 2.13 bits per heavy atom. The Bertz CT molecular complexity index is 968. The number of carbonyl (C=O) groups excluding carboxylic acids is 1. The molecule has 0 bridgehead atoms. The molecule has 1 amide bonds. The largest absolute Gasteiger partial charge is 0.363 e. The minimum Gasteiger partial charge on any atom is -0.363 e. The van der Waals surface area contributed by atoms with E-state index in [1.807, 2.05) is 37.2 Å². The van der Waals surface area contributed by atoms with Gasteiger partial charge < -0.3 is 15.1 Å². The highest BCUT2D eigenvalue weighted by Crippen LogP contribution is 2.35. The highest BCUT2D eigenvalue weighted by molar-refractivity contribution is 9.11. The highest BCUT2D eigenvalue weighted by atomic mass is 79.9. The van der Waals surface area contributed by atoms with Crippen LogP contribution in [0.4, 0.5) is 0 Å². The molecule has 0 spiro atoms. The van der Waals surface area contributed by atoms with Gasteiger partial charge in [-0.15, -0.1) is 0 Å². The molecule has 30 heavy (non-hydrogen) atoms. The van der Waals surface area contributed by atoms with Crippen molar-refractivity contribution in [2.24, 2.45) is 4.99 Å². The van der Waals surface area contributed by atoms with Crippen LogP contribution in [0.1, 0.15) is 19.3 Å². The Labute approximate surface area is 191 Å². The van der Waals surface area contributed by atoms with Crippen LogP contribution in [-0.2, 0) is 4.79 Å². The molecule has 1 atom stereocenters. The van der Waals surface area contributed by atoms with Crippen LogP contribution in [0.5, 0.6) is 0 Å². The number of halogens is 2. The molecule has 2 heterocycles. The molecule has 4 aliphatic rings. The number of allylic oxidation sites excluding steroid dienone is 8. The molecule has 158 valence electrons. The number of hydrogen-bond acceptors (Lipinski definition) is 4. The van der Waals surface area contributed by atoms with Crippen molar-refractivity contribution in [3.05, 3.63) is 68.5 Å². The first-order chi connectivity index (χ1) is 14.4. The fourth-order valence-electron chi connectivity index (χ4n) is 3.97. The van der Waals surface area contributed by atoms with Gasteiger partial charge in [0.2, 0.25) is 0 Å². The minimum absolute atomic E-state index is 0.0487. The topological polar surface area (TPSA) is 47.9 Å². The summed E-state index contributed by atoms with van der Waals surface area (Å²) in [7, 11) is 4.05. The number of rotatable bonds is 4. The maximum atomic E-state index is 13.6. The van der Waals surface area contributed by atoms with E-state index in [1.54, 1.807) is 0 Å². The van der Waals surface area contributed by atoms with Gasteiger partial charge in [-0.05, 0) is 55.1 Å². The van der Waals surface area contributed by atoms with Crippen molar-refractivity contribution in [3.63, 3.8) is 0 Å². The molecule has 0 fully saturated rings. The predicted molar refractivity (Wildman–Crippen MR) is 127 cm³/mol. The van der Waals surface area contributed by atoms with Crippen molar-refractivity contribution in [3.8, 4) is 0 Å². The number of amides is 1. The molecule has 5 nitrogen and oxygen atoms in total. The SMILES string of the molecule is CN(C)CCN1CC(C2=CCC=C(Cl)C=C2)=NC2=C(C1=O)C1=CC=C(Br)CCC1N2. The van der Waals surface area contributed by atoms with Gasteiger partial charge in [0.05, 0.1) is 23.9 Å². The van der Waals surface area contributed by atoms with E-state index in [1.165, 1.54) is 0 Å². The van der Waals surface area contributed by atoms with E-state index >= 15 is 0 Å². The van der Waals surface area contributed by atoms with Crippen LogP contribution in [-0.4, -0.2) is 61.2 Å². The number of nitrogens with one attached hydrogen (secondary N) is 1. The molecular formula is C23H26BrClN4O. The Hall–Kier alpha value is -1.89. The zero-order valence-electron chi connectivity index (χ0n) is 17.3. The quantitative estimate of drug-likeness (QED) is 0.649. The number of nitrogens with zero attached hydrogens (tertiary/aromatic N) is 3. The van der Waals surface area contributed by atoms with Gasteiger partial charge in [0.1, 0.15) is 5.82 Å². The van der Waals surface area contributed by atoms with Gasteiger partial charge >= 0.3 is 0 Å². The number of likely N-dealkylation sites (N-methyl/N-ethyl adjacent to an activating group) is 1. The van der Waals surface area contributed by atoms with E-state index in [0.717, 1.165) is 52.2 Å². The van der Waals surface area contributed by atoms with Crippen molar-refractivity contribution in [1.82, 2.24) is 15.1 Å². The van der Waals surface area contributed by atoms with Crippen molar-refractivity contribution in [2.75, 3.05) is 33.7 Å². The van der Waals surface area contributed by atoms with Gasteiger partial charge in [-0.25, -0.2) is 4.99 Å². The second-order valence-electron chi connectivity index (χ2n) is 8.10. The van der Waals surface area contributed by atoms with Crippen LogP contribution in [0.2, 0.25) is 0 Å². The molecule has 7 heteroatoms. The maximum absolute atomic E-state index is 13.6. The van der Waals surface area contributed by atoms with Crippen LogP contribution < -0.4 is 5.32 Å². The van der Waals surface area contributed by atoms with Gasteiger partial charge in [-0.3, -0.25) is 4.79 Å². The van der Waals surface area contributed by atoms with Crippen LogP contribution >= 0.6 is 27.5 Å². The van der Waals surface area contributed by atoms with E-state index in [4.69, 9.17) is 16.6 Å². The molecule has 4 rings (SSSR count). The molecular weight excluding hydrogens is 464 g/mol. The number of fused-ring (bicyclic) bond motifs is 2. The lowest BCUT2D eigenvalue weighted by Crippen LogP contribution is -2.40. The Balaban J connectivity index is 1.75. The first-order valence-corrected chi connectivity index (χ1v) is 11.4. The van der Waals surface area contributed by atoms with Gasteiger partial charge in [0.25, 0.3) is 5.91 Å². The smallest absolute Gasteiger partial charge is 0.258 e. The fourth-order valence-corrected chi connectivity index (χ4v) is 4.48. The second-order valence-corrected chi connectivity index (χ2v) is 9.56. The summed E-state index contributed by atoms with van der Waals surface area (Å²) in [5.74, 6) is 0.746. The highest BCUT2D eigenvalue weighted by Gasteiger charge is 2.38.